The lowest BCUT2D eigenvalue weighted by Gasteiger charge is -2.20. The van der Waals surface area contributed by atoms with Gasteiger partial charge in [0.2, 0.25) is 0 Å². The predicted molar refractivity (Wildman–Crippen MR) is 88.7 cm³/mol. The van der Waals surface area contributed by atoms with Gasteiger partial charge in [0, 0.05) is 32.9 Å². The van der Waals surface area contributed by atoms with E-state index in [4.69, 9.17) is 0 Å². The summed E-state index contributed by atoms with van der Waals surface area (Å²) in [7, 11) is 1.94. The number of nitrogens with zero attached hydrogens (tertiary/aromatic N) is 3. The lowest BCUT2D eigenvalue weighted by molar-refractivity contribution is 0.206. The summed E-state index contributed by atoms with van der Waals surface area (Å²) in [5.74, 6) is 0.560. The minimum atomic E-state index is 0.0996. The minimum absolute atomic E-state index is 0.0996. The molecule has 0 aliphatic carbocycles. The van der Waals surface area contributed by atoms with Gasteiger partial charge in [-0.25, -0.2) is 4.79 Å². The molecule has 124 valence electrons. The normalized spacial score (nSPS) is 18.7. The number of carbonyl (C=O) groups excluding carboxylic acids is 1. The van der Waals surface area contributed by atoms with E-state index in [0.29, 0.717) is 11.3 Å². The van der Waals surface area contributed by atoms with Gasteiger partial charge < -0.3 is 10.2 Å². The number of carbonyl (C=O) groups is 1. The van der Waals surface area contributed by atoms with E-state index in [1.807, 2.05) is 22.8 Å². The first-order valence-corrected chi connectivity index (χ1v) is 8.34. The van der Waals surface area contributed by atoms with Crippen LogP contribution in [0.15, 0.2) is 12.4 Å². The molecule has 2 amide bonds. The Balaban J connectivity index is 1.67. The zero-order valence-electron chi connectivity index (χ0n) is 14.4. The highest BCUT2D eigenvalue weighted by Crippen LogP contribution is 2.21. The van der Waals surface area contributed by atoms with Crippen molar-refractivity contribution in [2.24, 2.45) is 18.4 Å². The quantitative estimate of drug-likeness (QED) is 0.850. The van der Waals surface area contributed by atoms with Crippen molar-refractivity contribution < 1.29 is 4.79 Å². The molecule has 0 radical (unpaired) electrons. The van der Waals surface area contributed by atoms with Gasteiger partial charge in [0.15, 0.2) is 0 Å². The minimum Gasteiger partial charge on any atom is -0.338 e. The van der Waals surface area contributed by atoms with Crippen molar-refractivity contribution >= 4 is 6.03 Å². The van der Waals surface area contributed by atoms with Gasteiger partial charge in [0.1, 0.15) is 0 Å². The first kappa shape index (κ1) is 16.8. The molecule has 1 fully saturated rings. The zero-order chi connectivity index (χ0) is 16.2. The largest absolute Gasteiger partial charge is 0.338 e. The van der Waals surface area contributed by atoms with Crippen LogP contribution in [0.3, 0.4) is 0 Å². The standard InChI is InChI=1S/C17H30N4O/c1-17(2,3)7-5-8-18-16(22)21-9-6-14(13-21)10-15-11-19-20(4)12-15/h11-12,14H,5-10,13H2,1-4H3,(H,18,22)/t14-/m0/s1. The number of rotatable bonds is 5. The molecule has 0 spiro atoms. The summed E-state index contributed by atoms with van der Waals surface area (Å²) in [6.45, 7) is 9.21. The van der Waals surface area contributed by atoms with E-state index < -0.39 is 0 Å². The molecule has 5 heteroatoms. The van der Waals surface area contributed by atoms with Crippen LogP contribution in [0.2, 0.25) is 0 Å². The molecule has 2 heterocycles. The molecule has 1 atom stereocenters. The number of amides is 2. The summed E-state index contributed by atoms with van der Waals surface area (Å²) >= 11 is 0. The van der Waals surface area contributed by atoms with Gasteiger partial charge in [-0.05, 0) is 42.6 Å². The monoisotopic (exact) mass is 306 g/mol. The SMILES string of the molecule is Cn1cc(C[C@@H]2CCN(C(=O)NCCCC(C)(C)C)C2)cn1. The van der Waals surface area contributed by atoms with Crippen molar-refractivity contribution in [1.29, 1.82) is 0 Å². The fourth-order valence-electron chi connectivity index (χ4n) is 3.02. The van der Waals surface area contributed by atoms with Crippen molar-refractivity contribution in [3.05, 3.63) is 18.0 Å². The van der Waals surface area contributed by atoms with Crippen LogP contribution in [0.25, 0.3) is 0 Å². The van der Waals surface area contributed by atoms with E-state index in [1.54, 1.807) is 0 Å². The van der Waals surface area contributed by atoms with Crippen molar-refractivity contribution in [1.82, 2.24) is 20.0 Å². The van der Waals surface area contributed by atoms with Crippen LogP contribution in [-0.4, -0.2) is 40.3 Å². The van der Waals surface area contributed by atoms with E-state index in [0.717, 1.165) is 45.3 Å². The number of nitrogens with one attached hydrogen (secondary N) is 1. The highest BCUT2D eigenvalue weighted by Gasteiger charge is 2.26. The average Bonchev–Trinajstić information content (AvgIpc) is 3.03. The third-order valence-electron chi connectivity index (χ3n) is 4.24. The summed E-state index contributed by atoms with van der Waals surface area (Å²) in [5, 5.41) is 7.26. The number of urea groups is 1. The third-order valence-corrected chi connectivity index (χ3v) is 4.24. The lowest BCUT2D eigenvalue weighted by Crippen LogP contribution is -2.39. The Morgan fingerprint density at radius 3 is 2.86 bits per heavy atom. The smallest absolute Gasteiger partial charge is 0.317 e. The van der Waals surface area contributed by atoms with Crippen LogP contribution in [-0.2, 0) is 13.5 Å². The fraction of sp³-hybridized carbons (Fsp3) is 0.765. The maximum Gasteiger partial charge on any atom is 0.317 e. The van der Waals surface area contributed by atoms with Gasteiger partial charge in [-0.3, -0.25) is 4.68 Å². The van der Waals surface area contributed by atoms with E-state index in [-0.39, 0.29) is 6.03 Å². The Bertz CT molecular complexity index is 489. The topological polar surface area (TPSA) is 50.2 Å². The van der Waals surface area contributed by atoms with Crippen LogP contribution in [0.5, 0.6) is 0 Å². The molecular weight excluding hydrogens is 276 g/mol. The van der Waals surface area contributed by atoms with Gasteiger partial charge in [-0.2, -0.15) is 5.10 Å². The molecule has 0 saturated carbocycles. The highest BCUT2D eigenvalue weighted by molar-refractivity contribution is 5.74. The third kappa shape index (κ3) is 5.35. The summed E-state index contributed by atoms with van der Waals surface area (Å²) in [6.07, 6.45) is 8.27. The van der Waals surface area contributed by atoms with Crippen LogP contribution in [0, 0.1) is 11.3 Å². The zero-order valence-corrected chi connectivity index (χ0v) is 14.4. The Morgan fingerprint density at radius 1 is 1.45 bits per heavy atom. The number of likely N-dealkylation sites (tertiary alicyclic amines) is 1. The summed E-state index contributed by atoms with van der Waals surface area (Å²) in [4.78, 5) is 14.1. The fourth-order valence-corrected chi connectivity index (χ4v) is 3.02. The molecule has 1 aliphatic rings. The molecule has 0 aromatic carbocycles. The molecule has 5 nitrogen and oxygen atoms in total. The molecule has 1 aromatic heterocycles. The van der Waals surface area contributed by atoms with E-state index in [9.17, 15) is 4.79 Å². The molecule has 1 saturated heterocycles. The molecule has 1 aliphatic heterocycles. The predicted octanol–water partition coefficient (Wildman–Crippen LogP) is 2.82. The Morgan fingerprint density at radius 2 is 2.23 bits per heavy atom. The second-order valence-electron chi connectivity index (χ2n) is 7.72. The van der Waals surface area contributed by atoms with Crippen LogP contribution < -0.4 is 5.32 Å². The van der Waals surface area contributed by atoms with Crippen LogP contribution in [0.4, 0.5) is 4.79 Å². The summed E-state index contributed by atoms with van der Waals surface area (Å²) < 4.78 is 1.84. The molecule has 2 rings (SSSR count). The maximum absolute atomic E-state index is 12.2. The second-order valence-corrected chi connectivity index (χ2v) is 7.72. The first-order valence-electron chi connectivity index (χ1n) is 8.34. The molecular formula is C17H30N4O. The lowest BCUT2D eigenvalue weighted by atomic mass is 9.91. The molecule has 0 bridgehead atoms. The van der Waals surface area contributed by atoms with E-state index in [2.05, 4.69) is 37.4 Å². The van der Waals surface area contributed by atoms with E-state index in [1.165, 1.54) is 5.56 Å². The van der Waals surface area contributed by atoms with Crippen LogP contribution in [0.1, 0.15) is 45.6 Å². The molecule has 1 N–H and O–H groups in total. The number of aryl methyl sites for hydroxylation is 1. The maximum atomic E-state index is 12.2. The van der Waals surface area contributed by atoms with Crippen LogP contribution >= 0.6 is 0 Å². The van der Waals surface area contributed by atoms with Crippen molar-refractivity contribution in [2.75, 3.05) is 19.6 Å². The highest BCUT2D eigenvalue weighted by atomic mass is 16.2. The Hall–Kier alpha value is -1.52. The Labute approximate surface area is 134 Å². The number of aromatic nitrogens is 2. The summed E-state index contributed by atoms with van der Waals surface area (Å²) in [5.41, 5.74) is 1.60. The van der Waals surface area contributed by atoms with Crippen molar-refractivity contribution in [3.8, 4) is 0 Å². The molecule has 1 aromatic rings. The van der Waals surface area contributed by atoms with Gasteiger partial charge in [-0.1, -0.05) is 20.8 Å². The molecule has 0 unspecified atom stereocenters. The van der Waals surface area contributed by atoms with E-state index >= 15 is 0 Å². The average molecular weight is 306 g/mol. The van der Waals surface area contributed by atoms with Gasteiger partial charge in [0.25, 0.3) is 0 Å². The van der Waals surface area contributed by atoms with Gasteiger partial charge in [0.05, 0.1) is 6.20 Å². The number of hydrogen-bond acceptors (Lipinski definition) is 2. The van der Waals surface area contributed by atoms with Gasteiger partial charge >= 0.3 is 6.03 Å². The summed E-state index contributed by atoms with van der Waals surface area (Å²) in [6, 6.07) is 0.0996. The number of hydrogen-bond donors (Lipinski definition) is 1. The van der Waals surface area contributed by atoms with Gasteiger partial charge in [-0.15, -0.1) is 0 Å². The second kappa shape index (κ2) is 7.16. The van der Waals surface area contributed by atoms with Crippen molar-refractivity contribution in [2.45, 2.75) is 46.5 Å². The Kier molecular flexibility index (Phi) is 5.48. The molecule has 22 heavy (non-hydrogen) atoms. The first-order chi connectivity index (χ1) is 10.3. The van der Waals surface area contributed by atoms with Crippen molar-refractivity contribution in [3.63, 3.8) is 0 Å².